The summed E-state index contributed by atoms with van der Waals surface area (Å²) in [5, 5.41) is 9.55. The van der Waals surface area contributed by atoms with Crippen LogP contribution >= 0.6 is 11.6 Å². The van der Waals surface area contributed by atoms with E-state index in [1.54, 1.807) is 6.07 Å². The van der Waals surface area contributed by atoms with E-state index < -0.39 is 11.8 Å². The van der Waals surface area contributed by atoms with Crippen molar-refractivity contribution in [3.63, 3.8) is 0 Å². The van der Waals surface area contributed by atoms with E-state index in [9.17, 15) is 18.7 Å². The molecule has 1 aliphatic carbocycles. The molecule has 2 fully saturated rings. The Morgan fingerprint density at radius 2 is 1.93 bits per heavy atom. The summed E-state index contributed by atoms with van der Waals surface area (Å²) in [5.74, 6) is -1.83. The van der Waals surface area contributed by atoms with Crippen LogP contribution in [0, 0.1) is 11.6 Å². The smallest absolute Gasteiger partial charge is 0.338 e. The van der Waals surface area contributed by atoms with Crippen LogP contribution in [0.4, 0.5) is 14.5 Å². The number of nitrogens with zero attached hydrogens (tertiary/aromatic N) is 1. The first-order valence-electron chi connectivity index (χ1n) is 9.78. The van der Waals surface area contributed by atoms with Crippen LogP contribution in [-0.2, 0) is 0 Å². The highest BCUT2D eigenvalue weighted by molar-refractivity contribution is 6.33. The second kappa shape index (κ2) is 7.82. The van der Waals surface area contributed by atoms with E-state index in [1.807, 2.05) is 0 Å². The summed E-state index contributed by atoms with van der Waals surface area (Å²) in [6.07, 6.45) is 3.30. The molecule has 7 heteroatoms. The predicted octanol–water partition coefficient (Wildman–Crippen LogP) is 5.63. The normalized spacial score (nSPS) is 21.9. The molecule has 0 aromatic heterocycles. The van der Waals surface area contributed by atoms with Crippen molar-refractivity contribution in [1.29, 1.82) is 0 Å². The molecular weight excluding hydrogens is 400 g/mol. The zero-order valence-electron chi connectivity index (χ0n) is 16.0. The summed E-state index contributed by atoms with van der Waals surface area (Å²) in [5.41, 5.74) is 1.17. The summed E-state index contributed by atoms with van der Waals surface area (Å²) in [4.78, 5) is 13.4. The number of hydrogen-bond donors (Lipinski definition) is 1. The molecule has 1 heterocycles. The van der Waals surface area contributed by atoms with E-state index in [0.29, 0.717) is 17.3 Å². The minimum atomic E-state index is -1.28. The molecule has 0 spiro atoms. The molecule has 2 aromatic rings. The Bertz CT molecular complexity index is 948. The zero-order chi connectivity index (χ0) is 20.7. The molecule has 0 radical (unpaired) electrons. The number of anilines is 1. The first kappa shape index (κ1) is 20.0. The number of rotatable bonds is 5. The van der Waals surface area contributed by atoms with E-state index in [0.717, 1.165) is 36.9 Å². The van der Waals surface area contributed by atoms with E-state index in [1.165, 1.54) is 24.3 Å². The van der Waals surface area contributed by atoms with Gasteiger partial charge in [-0.15, -0.1) is 0 Å². The molecule has 154 valence electrons. The fraction of sp³-hybridized carbons (Fsp3) is 0.409. The predicted molar refractivity (Wildman–Crippen MR) is 107 cm³/mol. The number of carboxylic acids is 1. The Kier molecular flexibility index (Phi) is 5.38. The number of halogens is 3. The number of aromatic carboxylic acids is 1. The Morgan fingerprint density at radius 1 is 1.17 bits per heavy atom. The van der Waals surface area contributed by atoms with Crippen molar-refractivity contribution in [3.8, 4) is 5.75 Å². The number of benzene rings is 2. The molecule has 1 N–H and O–H groups in total. The molecule has 1 aliphatic heterocycles. The molecule has 0 amide bonds. The van der Waals surface area contributed by atoms with Crippen molar-refractivity contribution < 1.29 is 23.4 Å². The van der Waals surface area contributed by atoms with Crippen molar-refractivity contribution in [2.45, 2.75) is 50.7 Å². The number of hydrogen-bond acceptors (Lipinski definition) is 3. The summed E-state index contributed by atoms with van der Waals surface area (Å²) in [6, 6.07) is 7.14. The van der Waals surface area contributed by atoms with Gasteiger partial charge in [-0.3, -0.25) is 0 Å². The first-order chi connectivity index (χ1) is 13.8. The van der Waals surface area contributed by atoms with Gasteiger partial charge in [-0.2, -0.15) is 0 Å². The van der Waals surface area contributed by atoms with Gasteiger partial charge in [0.05, 0.1) is 22.8 Å². The number of carbonyl (C=O) groups is 1. The second-order valence-corrected chi connectivity index (χ2v) is 8.27. The molecular formula is C22H22ClF2NO3. The topological polar surface area (TPSA) is 49.8 Å². The summed E-state index contributed by atoms with van der Waals surface area (Å²) in [6.45, 7) is 2.60. The van der Waals surface area contributed by atoms with Crippen LogP contribution in [0.2, 0.25) is 5.02 Å². The zero-order valence-corrected chi connectivity index (χ0v) is 16.8. The van der Waals surface area contributed by atoms with Gasteiger partial charge in [-0.25, -0.2) is 13.6 Å². The van der Waals surface area contributed by atoms with E-state index in [4.69, 9.17) is 16.3 Å². The highest BCUT2D eigenvalue weighted by Crippen LogP contribution is 2.45. The van der Waals surface area contributed by atoms with Crippen molar-refractivity contribution >= 4 is 23.3 Å². The van der Waals surface area contributed by atoms with Gasteiger partial charge in [0.1, 0.15) is 23.5 Å². The van der Waals surface area contributed by atoms with Crippen LogP contribution in [0.15, 0.2) is 30.3 Å². The Hall–Kier alpha value is -2.34. The average Bonchev–Trinajstić information content (AvgIpc) is 3.48. The highest BCUT2D eigenvalue weighted by atomic mass is 35.5. The lowest BCUT2D eigenvalue weighted by molar-refractivity contribution is 0.0691. The van der Waals surface area contributed by atoms with Crippen molar-refractivity contribution in [1.82, 2.24) is 0 Å². The molecule has 0 bridgehead atoms. The third-order valence-electron chi connectivity index (χ3n) is 5.70. The van der Waals surface area contributed by atoms with Crippen LogP contribution in [0.3, 0.4) is 0 Å². The maximum absolute atomic E-state index is 14.3. The summed E-state index contributed by atoms with van der Waals surface area (Å²) < 4.78 is 33.9. The van der Waals surface area contributed by atoms with Crippen molar-refractivity contribution in [3.05, 3.63) is 58.1 Å². The number of ether oxygens (including phenoxy) is 1. The lowest BCUT2D eigenvalue weighted by Crippen LogP contribution is -2.46. The third kappa shape index (κ3) is 4.17. The Balaban J connectivity index is 1.58. The largest absolute Gasteiger partial charge is 0.488 e. The van der Waals surface area contributed by atoms with E-state index >= 15 is 0 Å². The van der Waals surface area contributed by atoms with Crippen LogP contribution in [0.25, 0.3) is 0 Å². The van der Waals surface area contributed by atoms with Crippen LogP contribution in [0.5, 0.6) is 5.75 Å². The van der Waals surface area contributed by atoms with Crippen molar-refractivity contribution in [2.24, 2.45) is 0 Å². The molecule has 4 rings (SSSR count). The van der Waals surface area contributed by atoms with E-state index in [-0.39, 0.29) is 29.4 Å². The van der Waals surface area contributed by atoms with Gasteiger partial charge in [-0.05, 0) is 68.4 Å². The van der Waals surface area contributed by atoms with Gasteiger partial charge in [0, 0.05) is 12.1 Å². The summed E-state index contributed by atoms with van der Waals surface area (Å²) in [7, 11) is 0. The highest BCUT2D eigenvalue weighted by Gasteiger charge is 2.32. The Morgan fingerprint density at radius 3 is 2.59 bits per heavy atom. The van der Waals surface area contributed by atoms with Gasteiger partial charge < -0.3 is 14.7 Å². The maximum Gasteiger partial charge on any atom is 0.338 e. The first-order valence-corrected chi connectivity index (χ1v) is 10.2. The SMILES string of the molecule is C[C@@H]1CC[C@@H](Oc2cc(F)c(C(=O)O)cc2C2CC2)CN1c1ccc(F)cc1Cl. The van der Waals surface area contributed by atoms with Crippen LogP contribution in [0.1, 0.15) is 54.4 Å². The van der Waals surface area contributed by atoms with Crippen molar-refractivity contribution in [2.75, 3.05) is 11.4 Å². The lowest BCUT2D eigenvalue weighted by Gasteiger charge is -2.40. The fourth-order valence-electron chi connectivity index (χ4n) is 3.95. The van der Waals surface area contributed by atoms with Gasteiger partial charge in [0.2, 0.25) is 0 Å². The Labute approximate surface area is 173 Å². The van der Waals surface area contributed by atoms with Crippen LogP contribution in [-0.4, -0.2) is 29.8 Å². The molecule has 2 aromatic carbocycles. The quantitative estimate of drug-likeness (QED) is 0.679. The minimum Gasteiger partial charge on any atom is -0.488 e. The average molecular weight is 422 g/mol. The number of piperidine rings is 1. The second-order valence-electron chi connectivity index (χ2n) is 7.86. The third-order valence-corrected chi connectivity index (χ3v) is 6.00. The maximum atomic E-state index is 14.3. The molecule has 4 nitrogen and oxygen atoms in total. The molecule has 0 unspecified atom stereocenters. The van der Waals surface area contributed by atoms with Gasteiger partial charge in [-0.1, -0.05) is 11.6 Å². The lowest BCUT2D eigenvalue weighted by atomic mass is 9.99. The molecule has 2 atom stereocenters. The monoisotopic (exact) mass is 421 g/mol. The van der Waals surface area contributed by atoms with Crippen LogP contribution < -0.4 is 9.64 Å². The van der Waals surface area contributed by atoms with E-state index in [2.05, 4.69) is 11.8 Å². The molecule has 1 saturated heterocycles. The minimum absolute atomic E-state index is 0.201. The molecule has 1 saturated carbocycles. The number of carboxylic acid groups (broad SMARTS) is 1. The van der Waals surface area contributed by atoms with Gasteiger partial charge in [0.25, 0.3) is 0 Å². The molecule has 2 aliphatic rings. The molecule has 29 heavy (non-hydrogen) atoms. The summed E-state index contributed by atoms with van der Waals surface area (Å²) >= 11 is 6.25. The standard InChI is InChI=1S/C22H22ClF2NO3/c1-12-2-6-15(11-26(12)20-7-5-14(24)8-18(20)23)29-21-10-19(25)17(22(27)28)9-16(21)13-3-4-13/h5,7-10,12-13,15H,2-4,6,11H2,1H3,(H,27,28)/t12-,15-/m1/s1. The van der Waals surface area contributed by atoms with Gasteiger partial charge in [0.15, 0.2) is 0 Å². The van der Waals surface area contributed by atoms with Gasteiger partial charge >= 0.3 is 5.97 Å². The fourth-order valence-corrected chi connectivity index (χ4v) is 4.23.